The van der Waals surface area contributed by atoms with Gasteiger partial charge in [0.1, 0.15) is 5.82 Å². The smallest absolute Gasteiger partial charge is 0.257 e. The van der Waals surface area contributed by atoms with Crippen LogP contribution >= 0.6 is 0 Å². The molecule has 7 heteroatoms. The molecule has 1 aromatic heterocycles. The molecule has 154 valence electrons. The lowest BCUT2D eigenvalue weighted by Gasteiger charge is -2.36. The average molecular weight is 398 g/mol. The number of aromatic nitrogens is 2. The van der Waals surface area contributed by atoms with Gasteiger partial charge in [-0.25, -0.2) is 9.07 Å². The average Bonchev–Trinajstić information content (AvgIpc) is 3.36. The van der Waals surface area contributed by atoms with Crippen molar-refractivity contribution < 1.29 is 14.0 Å². The first kappa shape index (κ1) is 19.6. The largest absolute Gasteiger partial charge is 0.339 e. The summed E-state index contributed by atoms with van der Waals surface area (Å²) in [6.07, 6.45) is 4.29. The van der Waals surface area contributed by atoms with Crippen LogP contribution in [0.2, 0.25) is 0 Å². The molecule has 1 aromatic carbocycles. The van der Waals surface area contributed by atoms with E-state index in [9.17, 15) is 14.0 Å². The van der Waals surface area contributed by atoms with Crippen LogP contribution < -0.4 is 0 Å². The SMILES string of the molecule is Cc1nn(-c2ccc(F)cc2)c(C)c1C(=O)N1CCN(C(=O)C2CCCC2)CC1. The summed E-state index contributed by atoms with van der Waals surface area (Å²) in [5, 5.41) is 4.50. The third-order valence-electron chi connectivity index (χ3n) is 6.16. The fourth-order valence-electron chi connectivity index (χ4n) is 4.50. The van der Waals surface area contributed by atoms with Crippen molar-refractivity contribution in [3.63, 3.8) is 0 Å². The highest BCUT2D eigenvalue weighted by molar-refractivity contribution is 5.96. The maximum Gasteiger partial charge on any atom is 0.257 e. The number of hydrogen-bond acceptors (Lipinski definition) is 3. The molecule has 0 unspecified atom stereocenters. The van der Waals surface area contributed by atoms with Crippen molar-refractivity contribution in [3.05, 3.63) is 47.0 Å². The minimum Gasteiger partial charge on any atom is -0.339 e. The van der Waals surface area contributed by atoms with Gasteiger partial charge in [-0.05, 0) is 51.0 Å². The standard InChI is InChI=1S/C22H27FN4O2/c1-15-20(16(2)27(24-15)19-9-7-18(23)8-10-19)22(29)26-13-11-25(12-14-26)21(28)17-5-3-4-6-17/h7-10,17H,3-6,11-14H2,1-2H3. The third-order valence-corrected chi connectivity index (χ3v) is 6.16. The summed E-state index contributed by atoms with van der Waals surface area (Å²) in [4.78, 5) is 29.5. The van der Waals surface area contributed by atoms with Crippen molar-refractivity contribution in [1.82, 2.24) is 19.6 Å². The summed E-state index contributed by atoms with van der Waals surface area (Å²) in [7, 11) is 0. The van der Waals surface area contributed by atoms with Crippen LogP contribution in [0.3, 0.4) is 0 Å². The monoisotopic (exact) mass is 398 g/mol. The van der Waals surface area contributed by atoms with Gasteiger partial charge in [-0.15, -0.1) is 0 Å². The predicted octanol–water partition coefficient (Wildman–Crippen LogP) is 3.10. The van der Waals surface area contributed by atoms with Crippen LogP contribution in [0, 0.1) is 25.6 Å². The molecular formula is C22H27FN4O2. The molecule has 0 radical (unpaired) electrons. The molecule has 6 nitrogen and oxygen atoms in total. The van der Waals surface area contributed by atoms with Gasteiger partial charge in [0.25, 0.3) is 5.91 Å². The van der Waals surface area contributed by atoms with Crippen LogP contribution in [0.25, 0.3) is 5.69 Å². The van der Waals surface area contributed by atoms with Crippen LogP contribution in [-0.2, 0) is 4.79 Å². The topological polar surface area (TPSA) is 58.4 Å². The summed E-state index contributed by atoms with van der Waals surface area (Å²) < 4.78 is 14.9. The number of benzene rings is 1. The molecule has 2 heterocycles. The van der Waals surface area contributed by atoms with Crippen LogP contribution in [-0.4, -0.2) is 57.6 Å². The highest BCUT2D eigenvalue weighted by atomic mass is 19.1. The Kier molecular flexibility index (Phi) is 5.39. The number of halogens is 1. The summed E-state index contributed by atoms with van der Waals surface area (Å²) in [5.74, 6) is 0.0692. The number of nitrogens with zero attached hydrogens (tertiary/aromatic N) is 4. The lowest BCUT2D eigenvalue weighted by molar-refractivity contribution is -0.136. The summed E-state index contributed by atoms with van der Waals surface area (Å²) in [6.45, 7) is 5.93. The van der Waals surface area contributed by atoms with Gasteiger partial charge >= 0.3 is 0 Å². The first-order valence-corrected chi connectivity index (χ1v) is 10.4. The summed E-state index contributed by atoms with van der Waals surface area (Å²) >= 11 is 0. The van der Waals surface area contributed by atoms with E-state index in [1.165, 1.54) is 12.1 Å². The van der Waals surface area contributed by atoms with Gasteiger partial charge in [0.2, 0.25) is 5.91 Å². The molecule has 2 aromatic rings. The number of hydrogen-bond donors (Lipinski definition) is 0. The fraction of sp³-hybridized carbons (Fsp3) is 0.500. The molecule has 0 bridgehead atoms. The van der Waals surface area contributed by atoms with E-state index >= 15 is 0 Å². The van der Waals surface area contributed by atoms with Crippen LogP contribution in [0.4, 0.5) is 4.39 Å². The molecule has 1 aliphatic heterocycles. The number of piperazine rings is 1. The van der Waals surface area contributed by atoms with Gasteiger partial charge in [0, 0.05) is 32.1 Å². The molecular weight excluding hydrogens is 371 g/mol. The number of rotatable bonds is 3. The van der Waals surface area contributed by atoms with Crippen molar-refractivity contribution in [2.24, 2.45) is 5.92 Å². The normalized spacial score (nSPS) is 17.8. The Morgan fingerprint density at radius 3 is 2.17 bits per heavy atom. The highest BCUT2D eigenvalue weighted by Crippen LogP contribution is 2.27. The Bertz CT molecular complexity index is 908. The number of amides is 2. The molecule has 2 amide bonds. The van der Waals surface area contributed by atoms with E-state index in [4.69, 9.17) is 0 Å². The van der Waals surface area contributed by atoms with E-state index in [2.05, 4.69) is 5.10 Å². The second-order valence-electron chi connectivity index (χ2n) is 8.03. The molecule has 0 spiro atoms. The summed E-state index contributed by atoms with van der Waals surface area (Å²) in [6, 6.07) is 6.06. The minimum absolute atomic E-state index is 0.0543. The Hall–Kier alpha value is -2.70. The van der Waals surface area contributed by atoms with Gasteiger partial charge in [0.05, 0.1) is 22.6 Å². The zero-order valence-corrected chi connectivity index (χ0v) is 17.0. The molecule has 4 rings (SSSR count). The van der Waals surface area contributed by atoms with Crippen molar-refractivity contribution in [2.45, 2.75) is 39.5 Å². The van der Waals surface area contributed by atoms with Crippen molar-refractivity contribution in [3.8, 4) is 5.69 Å². The van der Waals surface area contributed by atoms with Crippen LogP contribution in [0.5, 0.6) is 0 Å². The number of carbonyl (C=O) groups is 2. The van der Waals surface area contributed by atoms with Gasteiger partial charge in [0.15, 0.2) is 0 Å². The third kappa shape index (κ3) is 3.78. The first-order valence-electron chi connectivity index (χ1n) is 10.4. The van der Waals surface area contributed by atoms with Crippen molar-refractivity contribution >= 4 is 11.8 Å². The van der Waals surface area contributed by atoms with Crippen LogP contribution in [0.1, 0.15) is 47.4 Å². The zero-order chi connectivity index (χ0) is 20.5. The van der Waals surface area contributed by atoms with E-state index in [1.54, 1.807) is 16.8 Å². The zero-order valence-electron chi connectivity index (χ0n) is 17.0. The molecule has 1 saturated heterocycles. The quantitative estimate of drug-likeness (QED) is 0.798. The Morgan fingerprint density at radius 2 is 1.55 bits per heavy atom. The summed E-state index contributed by atoms with van der Waals surface area (Å²) in [5.41, 5.74) is 2.70. The molecule has 2 aliphatic rings. The fourth-order valence-corrected chi connectivity index (χ4v) is 4.50. The Labute approximate surface area is 170 Å². The van der Waals surface area contributed by atoms with Crippen molar-refractivity contribution in [2.75, 3.05) is 26.2 Å². The van der Waals surface area contributed by atoms with Gasteiger partial charge in [-0.1, -0.05) is 12.8 Å². The van der Waals surface area contributed by atoms with Gasteiger partial charge < -0.3 is 9.80 Å². The number of aryl methyl sites for hydroxylation is 1. The second kappa shape index (κ2) is 7.97. The molecule has 1 aliphatic carbocycles. The number of carbonyl (C=O) groups excluding carboxylic acids is 2. The van der Waals surface area contributed by atoms with Gasteiger partial charge in [-0.3, -0.25) is 9.59 Å². The maximum atomic E-state index is 13.2. The lowest BCUT2D eigenvalue weighted by atomic mass is 10.1. The molecule has 2 fully saturated rings. The van der Waals surface area contributed by atoms with E-state index in [0.29, 0.717) is 37.4 Å². The minimum atomic E-state index is -0.309. The second-order valence-corrected chi connectivity index (χ2v) is 8.03. The Balaban J connectivity index is 1.46. The Morgan fingerprint density at radius 1 is 0.966 bits per heavy atom. The molecule has 0 atom stereocenters. The maximum absolute atomic E-state index is 13.2. The van der Waals surface area contributed by atoms with Crippen LogP contribution in [0.15, 0.2) is 24.3 Å². The van der Waals surface area contributed by atoms with Crippen molar-refractivity contribution in [1.29, 1.82) is 0 Å². The molecule has 29 heavy (non-hydrogen) atoms. The molecule has 0 N–H and O–H groups in total. The predicted molar refractivity (Wildman–Crippen MR) is 107 cm³/mol. The van der Waals surface area contributed by atoms with E-state index in [-0.39, 0.29) is 23.5 Å². The lowest BCUT2D eigenvalue weighted by Crippen LogP contribution is -2.51. The van der Waals surface area contributed by atoms with Gasteiger partial charge in [-0.2, -0.15) is 5.10 Å². The first-order chi connectivity index (χ1) is 14.0. The van der Waals surface area contributed by atoms with E-state index < -0.39 is 0 Å². The van der Waals surface area contributed by atoms with E-state index in [1.807, 2.05) is 23.6 Å². The highest BCUT2D eigenvalue weighted by Gasteiger charge is 2.32. The van der Waals surface area contributed by atoms with E-state index in [0.717, 1.165) is 37.1 Å². The molecule has 1 saturated carbocycles.